The predicted molar refractivity (Wildman–Crippen MR) is 84.1 cm³/mol. The largest absolute Gasteiger partial charge is 0.330 e. The fourth-order valence-corrected chi connectivity index (χ4v) is 3.69. The van der Waals surface area contributed by atoms with Gasteiger partial charge in [0, 0.05) is 12.5 Å². The van der Waals surface area contributed by atoms with Crippen molar-refractivity contribution in [1.29, 1.82) is 0 Å². The summed E-state index contributed by atoms with van der Waals surface area (Å²) in [7, 11) is 2.16. The number of fused-ring (bicyclic) bond motifs is 1. The molecule has 20 heavy (non-hydrogen) atoms. The molecule has 1 unspecified atom stereocenters. The SMILES string of the molecule is Cc1cccc2nc(C(C)(C)C3CCCNC3)n(C)c12. The van der Waals surface area contributed by atoms with E-state index in [4.69, 9.17) is 4.98 Å². The van der Waals surface area contributed by atoms with E-state index in [0.29, 0.717) is 5.92 Å². The molecule has 1 aromatic heterocycles. The van der Waals surface area contributed by atoms with E-state index in [9.17, 15) is 0 Å². The summed E-state index contributed by atoms with van der Waals surface area (Å²) in [5.41, 5.74) is 3.81. The van der Waals surface area contributed by atoms with Crippen LogP contribution in [0.15, 0.2) is 18.2 Å². The van der Waals surface area contributed by atoms with Crippen LogP contribution < -0.4 is 5.32 Å². The summed E-state index contributed by atoms with van der Waals surface area (Å²) in [6.07, 6.45) is 2.57. The zero-order valence-electron chi connectivity index (χ0n) is 13.0. The van der Waals surface area contributed by atoms with Crippen molar-refractivity contribution in [3.05, 3.63) is 29.6 Å². The molecule has 3 heteroatoms. The zero-order chi connectivity index (χ0) is 14.3. The molecular formula is C17H25N3. The summed E-state index contributed by atoms with van der Waals surface area (Å²) < 4.78 is 2.30. The van der Waals surface area contributed by atoms with E-state index in [1.807, 2.05) is 0 Å². The second kappa shape index (κ2) is 4.88. The highest BCUT2D eigenvalue weighted by atomic mass is 15.1. The number of hydrogen-bond acceptors (Lipinski definition) is 2. The second-order valence-electron chi connectivity index (χ2n) is 6.70. The van der Waals surface area contributed by atoms with Crippen LogP contribution in [0.4, 0.5) is 0 Å². The second-order valence-corrected chi connectivity index (χ2v) is 6.70. The lowest BCUT2D eigenvalue weighted by Crippen LogP contribution is -2.42. The summed E-state index contributed by atoms with van der Waals surface area (Å²) in [4.78, 5) is 4.96. The van der Waals surface area contributed by atoms with E-state index in [-0.39, 0.29) is 5.41 Å². The summed E-state index contributed by atoms with van der Waals surface area (Å²) >= 11 is 0. The minimum atomic E-state index is 0.105. The maximum Gasteiger partial charge on any atom is 0.115 e. The Morgan fingerprint density at radius 1 is 1.35 bits per heavy atom. The van der Waals surface area contributed by atoms with Crippen LogP contribution in [0.1, 0.15) is 38.1 Å². The van der Waals surface area contributed by atoms with Gasteiger partial charge in [-0.1, -0.05) is 26.0 Å². The van der Waals surface area contributed by atoms with E-state index in [1.165, 1.54) is 29.7 Å². The van der Waals surface area contributed by atoms with Crippen LogP contribution >= 0.6 is 0 Å². The molecule has 2 aromatic rings. The number of rotatable bonds is 2. The Morgan fingerprint density at radius 2 is 2.15 bits per heavy atom. The zero-order valence-corrected chi connectivity index (χ0v) is 13.0. The number of imidazole rings is 1. The Hall–Kier alpha value is -1.35. The van der Waals surface area contributed by atoms with Gasteiger partial charge in [-0.3, -0.25) is 0 Å². The van der Waals surface area contributed by atoms with Gasteiger partial charge in [0.15, 0.2) is 0 Å². The Kier molecular flexibility index (Phi) is 3.33. The standard InChI is InChI=1S/C17H25N3/c1-12-7-5-9-14-15(12)20(4)16(19-14)17(2,3)13-8-6-10-18-11-13/h5,7,9,13,18H,6,8,10-11H2,1-4H3. The normalized spacial score (nSPS) is 20.5. The minimum Gasteiger partial charge on any atom is -0.330 e. The number of aromatic nitrogens is 2. The molecule has 0 bridgehead atoms. The van der Waals surface area contributed by atoms with Crippen molar-refractivity contribution in [2.75, 3.05) is 13.1 Å². The van der Waals surface area contributed by atoms with E-state index >= 15 is 0 Å². The summed E-state index contributed by atoms with van der Waals surface area (Å²) in [5, 5.41) is 3.54. The lowest BCUT2D eigenvalue weighted by molar-refractivity contribution is 0.238. The number of para-hydroxylation sites is 1. The molecule has 1 aromatic carbocycles. The third-order valence-corrected chi connectivity index (χ3v) is 4.99. The Bertz CT molecular complexity index is 618. The maximum absolute atomic E-state index is 4.96. The van der Waals surface area contributed by atoms with Gasteiger partial charge in [0.2, 0.25) is 0 Å². The highest BCUT2D eigenvalue weighted by Crippen LogP contribution is 2.36. The van der Waals surface area contributed by atoms with Crippen LogP contribution in [0.2, 0.25) is 0 Å². The molecule has 3 rings (SSSR count). The van der Waals surface area contributed by atoms with Crippen LogP contribution in [0.25, 0.3) is 11.0 Å². The van der Waals surface area contributed by atoms with Crippen LogP contribution in [-0.2, 0) is 12.5 Å². The average molecular weight is 271 g/mol. The summed E-state index contributed by atoms with van der Waals surface area (Å²) in [5.74, 6) is 1.88. The van der Waals surface area contributed by atoms with Gasteiger partial charge in [0.1, 0.15) is 5.82 Å². The molecule has 1 aliphatic heterocycles. The third kappa shape index (κ3) is 2.05. The topological polar surface area (TPSA) is 29.9 Å². The number of piperidine rings is 1. The molecule has 1 aliphatic rings. The maximum atomic E-state index is 4.96. The van der Waals surface area contributed by atoms with Gasteiger partial charge in [-0.05, 0) is 50.4 Å². The first kappa shape index (κ1) is 13.6. The number of nitrogens with one attached hydrogen (secondary N) is 1. The molecule has 2 heterocycles. The quantitative estimate of drug-likeness (QED) is 0.909. The average Bonchev–Trinajstić information content (AvgIpc) is 2.79. The van der Waals surface area contributed by atoms with Crippen molar-refractivity contribution in [1.82, 2.24) is 14.9 Å². The first-order chi connectivity index (χ1) is 9.51. The van der Waals surface area contributed by atoms with E-state index in [2.05, 4.69) is 55.9 Å². The molecule has 1 N–H and O–H groups in total. The first-order valence-electron chi connectivity index (χ1n) is 7.65. The van der Waals surface area contributed by atoms with Gasteiger partial charge >= 0.3 is 0 Å². The fraction of sp³-hybridized carbons (Fsp3) is 0.588. The van der Waals surface area contributed by atoms with Crippen molar-refractivity contribution in [2.24, 2.45) is 13.0 Å². The fourth-order valence-electron chi connectivity index (χ4n) is 3.69. The first-order valence-corrected chi connectivity index (χ1v) is 7.65. The molecule has 108 valence electrons. The summed E-state index contributed by atoms with van der Waals surface area (Å²) in [6.45, 7) is 9.13. The van der Waals surface area contributed by atoms with Gasteiger partial charge in [0.25, 0.3) is 0 Å². The van der Waals surface area contributed by atoms with Crippen molar-refractivity contribution < 1.29 is 0 Å². The molecule has 1 saturated heterocycles. The molecule has 0 saturated carbocycles. The number of benzene rings is 1. The van der Waals surface area contributed by atoms with Crippen LogP contribution in [0.5, 0.6) is 0 Å². The predicted octanol–water partition coefficient (Wildman–Crippen LogP) is 3.16. The Labute approximate surface area is 121 Å². The Balaban J connectivity index is 2.09. The van der Waals surface area contributed by atoms with Crippen LogP contribution in [0, 0.1) is 12.8 Å². The van der Waals surface area contributed by atoms with E-state index in [0.717, 1.165) is 18.6 Å². The molecule has 1 fully saturated rings. The van der Waals surface area contributed by atoms with Gasteiger partial charge in [-0.15, -0.1) is 0 Å². The minimum absolute atomic E-state index is 0.105. The molecule has 0 amide bonds. The molecule has 0 aliphatic carbocycles. The monoisotopic (exact) mass is 271 g/mol. The molecule has 1 atom stereocenters. The van der Waals surface area contributed by atoms with Gasteiger partial charge in [-0.2, -0.15) is 0 Å². The van der Waals surface area contributed by atoms with Gasteiger partial charge in [-0.25, -0.2) is 4.98 Å². The molecule has 0 spiro atoms. The number of nitrogens with zero attached hydrogens (tertiary/aromatic N) is 2. The van der Waals surface area contributed by atoms with E-state index in [1.54, 1.807) is 0 Å². The molecule has 0 radical (unpaired) electrons. The van der Waals surface area contributed by atoms with Gasteiger partial charge < -0.3 is 9.88 Å². The molecular weight excluding hydrogens is 246 g/mol. The van der Waals surface area contributed by atoms with Crippen molar-refractivity contribution in [3.63, 3.8) is 0 Å². The van der Waals surface area contributed by atoms with Gasteiger partial charge in [0.05, 0.1) is 11.0 Å². The number of hydrogen-bond donors (Lipinski definition) is 1. The molecule has 3 nitrogen and oxygen atoms in total. The van der Waals surface area contributed by atoms with E-state index < -0.39 is 0 Å². The summed E-state index contributed by atoms with van der Waals surface area (Å²) in [6, 6.07) is 6.40. The highest BCUT2D eigenvalue weighted by Gasteiger charge is 2.36. The van der Waals surface area contributed by atoms with Crippen molar-refractivity contribution in [3.8, 4) is 0 Å². The lowest BCUT2D eigenvalue weighted by Gasteiger charge is -2.36. The third-order valence-electron chi connectivity index (χ3n) is 4.99. The van der Waals surface area contributed by atoms with Crippen molar-refractivity contribution >= 4 is 11.0 Å². The highest BCUT2D eigenvalue weighted by molar-refractivity contribution is 5.79. The lowest BCUT2D eigenvalue weighted by atomic mass is 9.74. The van der Waals surface area contributed by atoms with Crippen LogP contribution in [0.3, 0.4) is 0 Å². The number of aryl methyl sites for hydroxylation is 2. The van der Waals surface area contributed by atoms with Crippen LogP contribution in [-0.4, -0.2) is 22.6 Å². The Morgan fingerprint density at radius 3 is 2.80 bits per heavy atom. The smallest absolute Gasteiger partial charge is 0.115 e. The van der Waals surface area contributed by atoms with Crippen molar-refractivity contribution in [2.45, 2.75) is 39.0 Å².